The van der Waals surface area contributed by atoms with E-state index in [1.165, 1.54) is 0 Å². The van der Waals surface area contributed by atoms with Gasteiger partial charge in [0.2, 0.25) is 10.0 Å². The highest BCUT2D eigenvalue weighted by molar-refractivity contribution is 7.89. The first-order chi connectivity index (χ1) is 9.76. The Balaban J connectivity index is 2.27. The fourth-order valence-electron chi connectivity index (χ4n) is 3.04. The molecule has 1 aliphatic rings. The van der Waals surface area contributed by atoms with Crippen molar-refractivity contribution in [1.82, 2.24) is 4.72 Å². The number of benzene rings is 1. The van der Waals surface area contributed by atoms with Gasteiger partial charge < -0.3 is 5.11 Å². The van der Waals surface area contributed by atoms with E-state index in [1.54, 1.807) is 12.1 Å². The van der Waals surface area contributed by atoms with Crippen molar-refractivity contribution in [3.05, 3.63) is 29.3 Å². The molecule has 5 heteroatoms. The second-order valence-electron chi connectivity index (χ2n) is 6.55. The molecule has 1 fully saturated rings. The number of aliphatic hydroxyl groups is 1. The van der Waals surface area contributed by atoms with Gasteiger partial charge in [-0.05, 0) is 68.7 Å². The van der Waals surface area contributed by atoms with Crippen LogP contribution < -0.4 is 4.72 Å². The van der Waals surface area contributed by atoms with Gasteiger partial charge in [0.25, 0.3) is 0 Å². The number of rotatable bonds is 4. The van der Waals surface area contributed by atoms with Gasteiger partial charge in [-0.25, -0.2) is 13.1 Å². The Morgan fingerprint density at radius 3 is 2.19 bits per heavy atom. The molecule has 21 heavy (non-hydrogen) atoms. The lowest BCUT2D eigenvalue weighted by molar-refractivity contribution is 0.125. The number of hydrogen-bond acceptors (Lipinski definition) is 3. The van der Waals surface area contributed by atoms with Crippen molar-refractivity contribution in [3.63, 3.8) is 0 Å². The summed E-state index contributed by atoms with van der Waals surface area (Å²) in [6, 6.07) is 5.29. The third-order valence-electron chi connectivity index (χ3n) is 4.39. The zero-order valence-electron chi connectivity index (χ0n) is 13.0. The molecule has 0 amide bonds. The Morgan fingerprint density at radius 1 is 1.19 bits per heavy atom. The molecular weight excluding hydrogens is 286 g/mol. The first-order valence-corrected chi connectivity index (χ1v) is 8.98. The van der Waals surface area contributed by atoms with Gasteiger partial charge in [-0.2, -0.15) is 0 Å². The molecule has 1 aromatic carbocycles. The fraction of sp³-hybridized carbons (Fsp3) is 0.625. The van der Waals surface area contributed by atoms with Crippen LogP contribution in [0.1, 0.15) is 43.7 Å². The predicted octanol–water partition coefficient (Wildman–Crippen LogP) is 2.52. The minimum absolute atomic E-state index is 0.149. The molecule has 4 nitrogen and oxygen atoms in total. The maximum Gasteiger partial charge on any atom is 0.241 e. The number of nitrogens with one attached hydrogen (secondary N) is 1. The van der Waals surface area contributed by atoms with Crippen molar-refractivity contribution in [2.75, 3.05) is 6.61 Å². The standard InChI is InChI=1S/C16H25NO3S/c1-12-4-6-16(11-18,7-5-12)17-21(19,20)15-9-13(2)8-14(3)10-15/h8-10,12,17-18H,4-7,11H2,1-3H3. The van der Waals surface area contributed by atoms with E-state index in [2.05, 4.69) is 11.6 Å². The lowest BCUT2D eigenvalue weighted by atomic mass is 9.78. The summed E-state index contributed by atoms with van der Waals surface area (Å²) in [4.78, 5) is 0.284. The van der Waals surface area contributed by atoms with Crippen LogP contribution in [0.4, 0.5) is 0 Å². The van der Waals surface area contributed by atoms with Crippen molar-refractivity contribution in [1.29, 1.82) is 0 Å². The minimum atomic E-state index is -3.60. The van der Waals surface area contributed by atoms with E-state index in [9.17, 15) is 13.5 Å². The molecule has 0 spiro atoms. The number of sulfonamides is 1. The van der Waals surface area contributed by atoms with Crippen LogP contribution in [-0.2, 0) is 10.0 Å². The molecule has 1 saturated carbocycles. The molecule has 118 valence electrons. The molecule has 1 aliphatic carbocycles. The molecule has 2 rings (SSSR count). The molecule has 0 unspecified atom stereocenters. The van der Waals surface area contributed by atoms with Gasteiger partial charge in [-0.3, -0.25) is 0 Å². The van der Waals surface area contributed by atoms with E-state index < -0.39 is 15.6 Å². The summed E-state index contributed by atoms with van der Waals surface area (Å²) in [5, 5.41) is 9.72. The summed E-state index contributed by atoms with van der Waals surface area (Å²) in [5.74, 6) is 0.593. The molecule has 2 N–H and O–H groups in total. The Hall–Kier alpha value is -0.910. The molecule has 0 radical (unpaired) electrons. The number of aliphatic hydroxyl groups excluding tert-OH is 1. The smallest absolute Gasteiger partial charge is 0.241 e. The fourth-order valence-corrected chi connectivity index (χ4v) is 4.68. The van der Waals surface area contributed by atoms with E-state index in [0.29, 0.717) is 18.8 Å². The Bertz CT molecular complexity index is 582. The van der Waals surface area contributed by atoms with Gasteiger partial charge in [0, 0.05) is 0 Å². The molecule has 0 atom stereocenters. The van der Waals surface area contributed by atoms with E-state index in [0.717, 1.165) is 24.0 Å². The zero-order chi connectivity index (χ0) is 15.7. The molecular formula is C16H25NO3S. The summed E-state index contributed by atoms with van der Waals surface area (Å²) in [6.07, 6.45) is 3.26. The van der Waals surface area contributed by atoms with Gasteiger partial charge in [-0.15, -0.1) is 0 Å². The van der Waals surface area contributed by atoms with Gasteiger partial charge in [0.15, 0.2) is 0 Å². The predicted molar refractivity (Wildman–Crippen MR) is 83.7 cm³/mol. The van der Waals surface area contributed by atoms with Crippen LogP contribution in [0, 0.1) is 19.8 Å². The van der Waals surface area contributed by atoms with Gasteiger partial charge in [0.05, 0.1) is 17.0 Å². The minimum Gasteiger partial charge on any atom is -0.394 e. The van der Waals surface area contributed by atoms with Crippen LogP contribution in [0.5, 0.6) is 0 Å². The van der Waals surface area contributed by atoms with Crippen molar-refractivity contribution in [3.8, 4) is 0 Å². The third kappa shape index (κ3) is 3.84. The Kier molecular flexibility index (Phi) is 4.76. The van der Waals surface area contributed by atoms with E-state index in [4.69, 9.17) is 0 Å². The maximum atomic E-state index is 12.6. The largest absolute Gasteiger partial charge is 0.394 e. The molecule has 0 aliphatic heterocycles. The molecule has 0 aromatic heterocycles. The second kappa shape index (κ2) is 6.07. The topological polar surface area (TPSA) is 66.4 Å². The lowest BCUT2D eigenvalue weighted by Crippen LogP contribution is -2.53. The zero-order valence-corrected chi connectivity index (χ0v) is 13.8. The second-order valence-corrected chi connectivity index (χ2v) is 8.23. The van der Waals surface area contributed by atoms with Crippen LogP contribution in [-0.4, -0.2) is 25.7 Å². The van der Waals surface area contributed by atoms with Crippen molar-refractivity contribution >= 4 is 10.0 Å². The Morgan fingerprint density at radius 2 is 1.71 bits per heavy atom. The van der Waals surface area contributed by atoms with Crippen molar-refractivity contribution in [2.24, 2.45) is 5.92 Å². The summed E-state index contributed by atoms with van der Waals surface area (Å²) < 4.78 is 28.0. The summed E-state index contributed by atoms with van der Waals surface area (Å²) in [5.41, 5.74) is 1.14. The summed E-state index contributed by atoms with van der Waals surface area (Å²) in [7, 11) is -3.60. The summed E-state index contributed by atoms with van der Waals surface area (Å²) in [6.45, 7) is 5.79. The average molecular weight is 311 g/mol. The van der Waals surface area contributed by atoms with E-state index >= 15 is 0 Å². The van der Waals surface area contributed by atoms with Crippen LogP contribution in [0.3, 0.4) is 0 Å². The molecule has 0 heterocycles. The average Bonchev–Trinajstić information content (AvgIpc) is 2.40. The summed E-state index contributed by atoms with van der Waals surface area (Å²) >= 11 is 0. The van der Waals surface area contributed by atoms with E-state index in [1.807, 2.05) is 19.9 Å². The highest BCUT2D eigenvalue weighted by Gasteiger charge is 2.37. The number of hydrogen-bond donors (Lipinski definition) is 2. The van der Waals surface area contributed by atoms with Crippen LogP contribution in [0.2, 0.25) is 0 Å². The number of aryl methyl sites for hydroxylation is 2. The molecule has 1 aromatic rings. The normalized spacial score (nSPS) is 26.8. The van der Waals surface area contributed by atoms with Gasteiger partial charge in [0.1, 0.15) is 0 Å². The lowest BCUT2D eigenvalue weighted by Gasteiger charge is -2.38. The van der Waals surface area contributed by atoms with Gasteiger partial charge >= 0.3 is 0 Å². The van der Waals surface area contributed by atoms with Crippen LogP contribution >= 0.6 is 0 Å². The Labute approximate surface area is 127 Å². The SMILES string of the molecule is Cc1cc(C)cc(S(=O)(=O)NC2(CO)CCC(C)CC2)c1. The quantitative estimate of drug-likeness (QED) is 0.898. The highest BCUT2D eigenvalue weighted by atomic mass is 32.2. The molecule has 0 saturated heterocycles. The first-order valence-electron chi connectivity index (χ1n) is 7.49. The van der Waals surface area contributed by atoms with Crippen LogP contribution in [0.25, 0.3) is 0 Å². The molecule has 0 bridgehead atoms. The van der Waals surface area contributed by atoms with E-state index in [-0.39, 0.29) is 11.5 Å². The van der Waals surface area contributed by atoms with Crippen molar-refractivity contribution in [2.45, 2.75) is 56.9 Å². The van der Waals surface area contributed by atoms with Crippen molar-refractivity contribution < 1.29 is 13.5 Å². The third-order valence-corrected chi connectivity index (χ3v) is 5.95. The van der Waals surface area contributed by atoms with Crippen LogP contribution in [0.15, 0.2) is 23.1 Å². The highest BCUT2D eigenvalue weighted by Crippen LogP contribution is 2.33. The van der Waals surface area contributed by atoms with Gasteiger partial charge in [-0.1, -0.05) is 13.0 Å². The monoisotopic (exact) mass is 311 g/mol. The maximum absolute atomic E-state index is 12.6. The first kappa shape index (κ1) is 16.5.